The van der Waals surface area contributed by atoms with Crippen LogP contribution in [-0.2, 0) is 55.9 Å². The van der Waals surface area contributed by atoms with Crippen molar-refractivity contribution in [3.05, 3.63) is 0 Å². The molecule has 0 unspecified atom stereocenters. The van der Waals surface area contributed by atoms with Crippen LogP contribution in [0.15, 0.2) is 0 Å². The summed E-state index contributed by atoms with van der Waals surface area (Å²) in [4.78, 5) is 0. The third-order valence-corrected chi connectivity index (χ3v) is 0. The quantitative estimate of drug-likeness (QED) is 0.506. The molecule has 5 N–H and O–H groups in total. The second-order valence-electron chi connectivity index (χ2n) is 0. The molecule has 8 heteroatoms. The molecule has 0 bridgehead atoms. The van der Waals surface area contributed by atoms with Gasteiger partial charge in [0, 0.05) is 21.7 Å². The van der Waals surface area contributed by atoms with Crippen LogP contribution in [0.5, 0.6) is 0 Å². The summed E-state index contributed by atoms with van der Waals surface area (Å²) in [7, 11) is 0. The van der Waals surface area contributed by atoms with Crippen LogP contribution in [0.2, 0.25) is 0 Å². The Morgan fingerprint density at radius 1 is 0.375 bits per heavy atom. The number of rotatable bonds is 0. The van der Waals surface area contributed by atoms with Gasteiger partial charge in [0.1, 0.15) is 0 Å². The minimum Gasteiger partial charge on any atom is -0.870 e. The predicted molar refractivity (Wildman–Crippen MR) is 9.68 cm³/mol. The minimum atomic E-state index is 0. The summed E-state index contributed by atoms with van der Waals surface area (Å²) >= 11 is 0. The van der Waals surface area contributed by atoms with Crippen molar-refractivity contribution in [2.24, 2.45) is 0 Å². The maximum absolute atomic E-state index is 0. The molecule has 5 nitrogen and oxygen atoms in total. The van der Waals surface area contributed by atoms with Gasteiger partial charge < -0.3 is 27.4 Å². The average Bonchev–Trinajstić information content (AvgIpc) is 0. The van der Waals surface area contributed by atoms with Crippen molar-refractivity contribution in [1.82, 2.24) is 0 Å². The first-order valence-corrected chi connectivity index (χ1v) is 0. The predicted octanol–water partition coefficient (Wildman–Crippen LogP) is -0.891. The zero-order valence-corrected chi connectivity index (χ0v) is 7.21. The maximum Gasteiger partial charge on any atom is 2.00 e. The molecule has 0 aliphatic heterocycles. The molecule has 0 amide bonds. The topological polar surface area (TPSA) is 150 Å². The molecule has 0 heterocycles. The van der Waals surface area contributed by atoms with E-state index in [0.29, 0.717) is 0 Å². The first-order chi connectivity index (χ1) is 0. The molecule has 0 atom stereocenters. The van der Waals surface area contributed by atoms with Crippen molar-refractivity contribution in [3.63, 3.8) is 0 Å². The molecule has 0 aliphatic rings. The van der Waals surface area contributed by atoms with E-state index in [2.05, 4.69) is 0 Å². The Kier molecular flexibility index (Phi) is 7320. The van der Waals surface area contributed by atoms with E-state index in [4.69, 9.17) is 0 Å². The van der Waals surface area contributed by atoms with E-state index in [0.717, 1.165) is 0 Å². The van der Waals surface area contributed by atoms with Crippen LogP contribution in [0.1, 0.15) is 0 Å². The summed E-state index contributed by atoms with van der Waals surface area (Å²) in [6.07, 6.45) is 0. The van der Waals surface area contributed by atoms with Crippen molar-refractivity contribution in [1.29, 1.82) is 0 Å². The van der Waals surface area contributed by atoms with Gasteiger partial charge in [0.15, 0.2) is 0 Å². The molecule has 0 aliphatic carbocycles. The van der Waals surface area contributed by atoms with Crippen LogP contribution >= 0.6 is 0 Å². The Hall–Kier alpha value is 1.55. The van der Waals surface area contributed by atoms with Gasteiger partial charge in [-0.3, -0.25) is 0 Å². The van der Waals surface area contributed by atoms with E-state index in [9.17, 15) is 0 Å². The van der Waals surface area contributed by atoms with Crippen LogP contribution in [0.3, 0.4) is 0 Å². The Balaban J connectivity index is 0. The first kappa shape index (κ1) is 290. The van der Waals surface area contributed by atoms with Gasteiger partial charge in [-0.15, -0.1) is 0 Å². The van der Waals surface area contributed by atoms with Crippen LogP contribution in [0, 0.1) is 0 Å². The zero-order valence-electron chi connectivity index (χ0n) is 3.44. The largest absolute Gasteiger partial charge is 2.00 e. The minimum absolute atomic E-state index is 0. The van der Waals surface area contributed by atoms with E-state index >= 15 is 0 Å². The summed E-state index contributed by atoms with van der Waals surface area (Å²) in [5.74, 6) is 0. The molecule has 8 heavy (non-hydrogen) atoms. The van der Waals surface area contributed by atoms with Crippen molar-refractivity contribution in [2.75, 3.05) is 0 Å². The summed E-state index contributed by atoms with van der Waals surface area (Å²) in [5.41, 5.74) is 0. The molecule has 0 aromatic carbocycles. The van der Waals surface area contributed by atoms with Crippen molar-refractivity contribution in [3.8, 4) is 0 Å². The smallest absolute Gasteiger partial charge is 0.870 e. The molecule has 0 fully saturated rings. The number of hydrogen-bond acceptors (Lipinski definition) is 5. The van der Waals surface area contributed by atoms with Crippen molar-refractivity contribution >= 4 is 0 Å². The fourth-order valence-corrected chi connectivity index (χ4v) is 0. The maximum atomic E-state index is 0. The molecule has 0 rings (SSSR count). The summed E-state index contributed by atoms with van der Waals surface area (Å²) in [6.45, 7) is 0. The van der Waals surface area contributed by atoms with Crippen LogP contribution in [0.4, 0.5) is 0 Å². The van der Waals surface area contributed by atoms with Crippen LogP contribution in [0.25, 0.3) is 0 Å². The fraction of sp³-hybridized carbons (Fsp3) is 0. The van der Waals surface area contributed by atoms with E-state index < -0.39 is 0 Å². The molecular weight excluding hydrogens is 240 g/mol. The van der Waals surface area contributed by atoms with Gasteiger partial charge in [-0.25, -0.2) is 0 Å². The molecule has 0 spiro atoms. The van der Waals surface area contributed by atoms with Crippen LogP contribution < -0.4 is 0 Å². The van der Waals surface area contributed by atoms with Gasteiger partial charge in [0.2, 0.25) is 0 Å². The second-order valence-corrected chi connectivity index (χ2v) is 0. The third kappa shape index (κ3) is 134. The summed E-state index contributed by atoms with van der Waals surface area (Å²) < 4.78 is 0. The van der Waals surface area contributed by atoms with E-state index in [1.54, 1.807) is 0 Å². The molecule has 0 aromatic heterocycles. The molecule has 0 radical (unpaired) electrons. The van der Waals surface area contributed by atoms with Gasteiger partial charge in [-0.05, 0) is 0 Å². The summed E-state index contributed by atoms with van der Waals surface area (Å²) in [5, 5.41) is 0. The normalized spacial score (nSPS) is 0. The molecular formula is H5Fe2O5Ti-. The molecule has 0 saturated heterocycles. The molecule has 0 aromatic rings. The van der Waals surface area contributed by atoms with Crippen molar-refractivity contribution < 1.29 is 83.2 Å². The Morgan fingerprint density at radius 2 is 0.375 bits per heavy atom. The van der Waals surface area contributed by atoms with Crippen LogP contribution in [-0.4, -0.2) is 27.4 Å². The van der Waals surface area contributed by atoms with E-state index in [1.165, 1.54) is 0 Å². The Morgan fingerprint density at radius 3 is 0.375 bits per heavy atom. The monoisotopic (exact) mass is 245 g/mol. The summed E-state index contributed by atoms with van der Waals surface area (Å²) in [6, 6.07) is 0. The van der Waals surface area contributed by atoms with Gasteiger partial charge in [0.05, 0.1) is 0 Å². The second kappa shape index (κ2) is 202. The van der Waals surface area contributed by atoms with Gasteiger partial charge >= 0.3 is 34.1 Å². The standard InChI is InChI=1S/2Fe.5H2O.Ti/h;;5*1H2;/q2*+2;;;;;;/p-5. The van der Waals surface area contributed by atoms with Crippen molar-refractivity contribution in [2.45, 2.75) is 0 Å². The Labute approximate surface area is 83.0 Å². The SMILES string of the molecule is [Fe+2].[Fe+2].[OH-].[OH-].[OH-].[OH-].[OH-].[Ti]. The zero-order chi connectivity index (χ0) is 0. The van der Waals surface area contributed by atoms with Gasteiger partial charge in [-0.2, -0.15) is 0 Å². The molecule has 0 saturated carbocycles. The van der Waals surface area contributed by atoms with Gasteiger partial charge in [-0.1, -0.05) is 0 Å². The fourth-order valence-electron chi connectivity index (χ4n) is 0. The van der Waals surface area contributed by atoms with E-state index in [-0.39, 0.29) is 83.2 Å². The molecule has 56 valence electrons. The Bertz CT molecular complexity index is 10.4. The van der Waals surface area contributed by atoms with E-state index in [1.807, 2.05) is 0 Å². The third-order valence-electron chi connectivity index (χ3n) is 0. The van der Waals surface area contributed by atoms with Gasteiger partial charge in [0.25, 0.3) is 0 Å². The average molecular weight is 245 g/mol. The number of hydrogen-bond donors (Lipinski definition) is 0. The first-order valence-electron chi connectivity index (χ1n) is 0.